The second-order valence-corrected chi connectivity index (χ2v) is 17.7. The molecular weight excluding hydrogens is 326 g/mol. The molecule has 1 rings (SSSR count). The molecule has 2 N–H and O–H groups in total. The molecule has 7 heavy (non-hydrogen) atoms. The van der Waals surface area contributed by atoms with Gasteiger partial charge < -0.3 is 0 Å². The van der Waals surface area contributed by atoms with Crippen LogP contribution in [0, 0.1) is 5.21 Å². The molecule has 0 aromatic carbocycles. The van der Waals surface area contributed by atoms with E-state index in [1.54, 1.807) is 0 Å². The van der Waals surface area contributed by atoms with Crippen LogP contribution in [0.2, 0.25) is 0 Å². The van der Waals surface area contributed by atoms with Gasteiger partial charge in [0.2, 0.25) is 0 Å². The van der Waals surface area contributed by atoms with Gasteiger partial charge in [-0.2, -0.15) is 0 Å². The van der Waals surface area contributed by atoms with Gasteiger partial charge in [0.05, 0.1) is 0 Å². The summed E-state index contributed by atoms with van der Waals surface area (Å²) in [6.07, 6.45) is 0. The van der Waals surface area contributed by atoms with E-state index in [4.69, 9.17) is 0 Å². The van der Waals surface area contributed by atoms with E-state index in [-0.39, 0.29) is 5.34 Å². The number of nitrogens with zero attached hydrogens (tertiary/aromatic N) is 1. The molecule has 4 nitrogen and oxygen atoms in total. The van der Waals surface area contributed by atoms with Crippen molar-refractivity contribution in [3.63, 3.8) is 0 Å². The third kappa shape index (κ3) is 2.98. The predicted octanol–water partition coefficient (Wildman–Crippen LogP) is -3.01. The van der Waals surface area contributed by atoms with Gasteiger partial charge in [0, 0.05) is 0 Å². The first-order valence-electron chi connectivity index (χ1n) is 1.46. The molecule has 1 aliphatic heterocycles. The quantitative estimate of drug-likeness (QED) is 0.254. The molecule has 0 unspecified atom stereocenters. The van der Waals surface area contributed by atoms with Gasteiger partial charge in [-0.25, -0.2) is 0 Å². The van der Waals surface area contributed by atoms with Crippen molar-refractivity contribution >= 4 is 16.3 Å². The van der Waals surface area contributed by atoms with Crippen molar-refractivity contribution in [2.24, 2.45) is 5.84 Å². The zero-order chi connectivity index (χ0) is 5.28. The van der Waals surface area contributed by atoms with Crippen molar-refractivity contribution in [1.29, 1.82) is 0 Å². The molecule has 0 saturated carbocycles. The maximum atomic E-state index is 9.82. The minimum atomic E-state index is -1.02. The first kappa shape index (κ1) is 6.42. The fraction of sp³-hybridized carbons (Fsp3) is 1.00. The molecule has 0 amide bonds. The van der Waals surface area contributed by atoms with E-state index < -0.39 is 16.3 Å². The first-order valence-corrected chi connectivity index (χ1v) is 11.7. The topological polar surface area (TPSA) is 61.5 Å². The Balaban J connectivity index is 1.97. The molecular formula is CH4I2N2O2-2. The van der Waals surface area contributed by atoms with Crippen LogP contribution in [-0.2, 0) is 3.17 Å². The fourth-order valence-electron chi connectivity index (χ4n) is 0.126. The summed E-state index contributed by atoms with van der Waals surface area (Å²) < 4.78 is 5.86. The standard InChI is InChI=1S/CH4I2N2O2/c4-5(6)7-3-1-2-3/h1,4H2/q-2. The van der Waals surface area contributed by atoms with Crippen LogP contribution in [0.5, 0.6) is 0 Å². The molecule has 1 aliphatic rings. The Bertz CT molecular complexity index is 64.7. The molecule has 0 spiro atoms. The van der Waals surface area contributed by atoms with Crippen LogP contribution < -0.4 is 23.1 Å². The number of hydrogen-bond donors (Lipinski definition) is 1. The van der Waals surface area contributed by atoms with Crippen molar-refractivity contribution in [3.8, 4) is 0 Å². The summed E-state index contributed by atoms with van der Waals surface area (Å²) in [6.45, 7) is 0. The molecule has 0 atom stereocenters. The monoisotopic (exact) mass is 330 g/mol. The van der Waals surface area contributed by atoms with Gasteiger partial charge in [0.1, 0.15) is 0 Å². The number of hydrazine groups is 1. The molecule has 0 aromatic heterocycles. The molecule has 1 saturated heterocycles. The van der Waals surface area contributed by atoms with Gasteiger partial charge in [0.25, 0.3) is 0 Å². The van der Waals surface area contributed by atoms with Gasteiger partial charge in [-0.3, -0.25) is 0 Å². The summed E-state index contributed by atoms with van der Waals surface area (Å²) in [5.74, 6) is 4.65. The number of rotatable bonds is 2. The number of alkyl halides is 2. The third-order valence-corrected chi connectivity index (χ3v) is 10.2. The van der Waals surface area contributed by atoms with Gasteiger partial charge in [-0.05, 0) is 0 Å². The zero-order valence-corrected chi connectivity index (χ0v) is 7.62. The van der Waals surface area contributed by atoms with E-state index in [2.05, 4.69) is 9.01 Å². The molecule has 0 bridgehead atoms. The Morgan fingerprint density at radius 3 is 2.71 bits per heavy atom. The predicted molar refractivity (Wildman–Crippen MR) is 29.4 cm³/mol. The van der Waals surface area contributed by atoms with Crippen LogP contribution in [0.15, 0.2) is 0 Å². The van der Waals surface area contributed by atoms with Gasteiger partial charge in [-0.1, -0.05) is 0 Å². The molecule has 0 aromatic rings. The first-order chi connectivity index (χ1) is 3.29. The normalized spacial score (nSPS) is 24.7. The van der Waals surface area contributed by atoms with Gasteiger partial charge >= 0.3 is 55.5 Å². The summed E-state index contributed by atoms with van der Waals surface area (Å²) in [4.78, 5) is 0. The van der Waals surface area contributed by atoms with Crippen LogP contribution in [0.1, 0.15) is 0 Å². The van der Waals surface area contributed by atoms with Crippen LogP contribution in [0.4, 0.5) is 0 Å². The van der Waals surface area contributed by atoms with Gasteiger partial charge in [0.15, 0.2) is 0 Å². The van der Waals surface area contributed by atoms with E-state index in [0.717, 1.165) is 0 Å². The summed E-state index contributed by atoms with van der Waals surface area (Å²) in [7, 11) is 0. The van der Waals surface area contributed by atoms with E-state index >= 15 is 0 Å². The summed E-state index contributed by atoms with van der Waals surface area (Å²) in [6, 6.07) is 0. The van der Waals surface area contributed by atoms with E-state index in [9.17, 15) is 5.21 Å². The average molecular weight is 330 g/mol. The molecule has 0 radical (unpaired) electrons. The van der Waals surface area contributed by atoms with Gasteiger partial charge in [-0.15, -0.1) is 0 Å². The number of nitrogens with two attached hydrogens (primary N) is 1. The van der Waals surface area contributed by atoms with Crippen molar-refractivity contribution in [1.82, 2.24) is 5.34 Å². The van der Waals surface area contributed by atoms with Crippen LogP contribution in [-0.4, -0.2) is 7.77 Å². The Morgan fingerprint density at radius 1 is 2.00 bits per heavy atom. The number of halogens is 2. The summed E-state index contributed by atoms with van der Waals surface area (Å²) in [5.41, 5.74) is 0. The fourth-order valence-corrected chi connectivity index (χ4v) is 7.84. The summed E-state index contributed by atoms with van der Waals surface area (Å²) in [5, 5.41) is 9.93. The van der Waals surface area contributed by atoms with E-state index in [1.165, 1.54) is 2.43 Å². The molecule has 0 aliphatic carbocycles. The van der Waals surface area contributed by atoms with E-state index in [0.29, 0.717) is 17.2 Å². The van der Waals surface area contributed by atoms with Crippen molar-refractivity contribution < 1.29 is 20.4 Å². The van der Waals surface area contributed by atoms with Crippen molar-refractivity contribution in [2.75, 3.05) is 2.43 Å². The second-order valence-electron chi connectivity index (χ2n) is 0.825. The molecule has 1 fully saturated rings. The van der Waals surface area contributed by atoms with Crippen molar-refractivity contribution in [2.45, 2.75) is 0 Å². The third-order valence-electron chi connectivity index (χ3n) is 0.326. The Labute approximate surface area is 55.1 Å². The Kier molecular flexibility index (Phi) is 2.50. The number of hydrogen-bond acceptors (Lipinski definition) is 4. The minimum absolute atomic E-state index is 0.109. The van der Waals surface area contributed by atoms with E-state index in [1.807, 2.05) is 0 Å². The Morgan fingerprint density at radius 2 is 2.57 bits per heavy atom. The zero-order valence-electron chi connectivity index (χ0n) is 3.30. The average Bonchev–Trinajstić information content (AvgIpc) is 2.17. The summed E-state index contributed by atoms with van der Waals surface area (Å²) >= 11 is -0.668. The molecule has 6 heteroatoms. The maximum absolute atomic E-state index is 9.82. The second kappa shape index (κ2) is 2.73. The SMILES string of the molecule is NN([O-])OI1C[I-]1. The van der Waals surface area contributed by atoms with Crippen LogP contribution in [0.25, 0.3) is 0 Å². The van der Waals surface area contributed by atoms with Crippen molar-refractivity contribution in [3.05, 3.63) is 5.21 Å². The van der Waals surface area contributed by atoms with Crippen LogP contribution >= 0.6 is 16.3 Å². The molecule has 1 heterocycles. The van der Waals surface area contributed by atoms with Crippen LogP contribution in [0.3, 0.4) is 0 Å². The molecule has 46 valence electrons. The Hall–Kier alpha value is 1.30.